The third kappa shape index (κ3) is 1.24. The zero-order valence-electron chi connectivity index (χ0n) is 8.21. The number of fused-ring (bicyclic) bond motifs is 2. The van der Waals surface area contributed by atoms with Crippen LogP contribution in [0.5, 0.6) is 0 Å². The van der Waals surface area contributed by atoms with Gasteiger partial charge in [-0.25, -0.2) is 4.98 Å². The Kier molecular flexibility index (Phi) is 1.99. The van der Waals surface area contributed by atoms with E-state index in [1.807, 2.05) is 12.1 Å². The highest BCUT2D eigenvalue weighted by Gasteiger charge is 2.18. The van der Waals surface area contributed by atoms with Crippen LogP contribution in [0.2, 0.25) is 0 Å². The average Bonchev–Trinajstić information content (AvgIpc) is 2.31. The van der Waals surface area contributed by atoms with Crippen molar-refractivity contribution in [1.82, 2.24) is 4.98 Å². The van der Waals surface area contributed by atoms with Crippen LogP contribution in [0, 0.1) is 0 Å². The molecule has 1 aliphatic carbocycles. The second-order valence-electron chi connectivity index (χ2n) is 3.45. The minimum atomic E-state index is -1.29. The van der Waals surface area contributed by atoms with Gasteiger partial charge in [0.25, 0.3) is 0 Å². The van der Waals surface area contributed by atoms with Crippen LogP contribution in [0.4, 0.5) is 0 Å². The molecule has 0 bridgehead atoms. The van der Waals surface area contributed by atoms with Crippen molar-refractivity contribution >= 4 is 21.0 Å². The van der Waals surface area contributed by atoms with Gasteiger partial charge in [0.2, 0.25) is 10.3 Å². The summed E-state index contributed by atoms with van der Waals surface area (Å²) in [7, 11) is -1.29. The predicted octanol–water partition coefficient (Wildman–Crippen LogP) is 2.43. The fourth-order valence-corrected chi connectivity index (χ4v) is 2.97. The Bertz CT molecular complexity index is 705. The van der Waals surface area contributed by atoms with Crippen LogP contribution in [0.25, 0.3) is 20.8 Å². The average molecular weight is 229 g/mol. The molecule has 1 aliphatic heterocycles. The zero-order valence-corrected chi connectivity index (χ0v) is 9.03. The Labute approximate surface area is 94.2 Å². The molecule has 1 unspecified atom stereocenters. The summed E-state index contributed by atoms with van der Waals surface area (Å²) in [4.78, 5) is 16.4. The van der Waals surface area contributed by atoms with Gasteiger partial charge in [-0.2, -0.15) is 0 Å². The van der Waals surface area contributed by atoms with Crippen LogP contribution in [-0.2, 0) is 0 Å². The molecule has 3 rings (SSSR count). The molecular weight excluding hydrogens is 222 g/mol. The molecule has 0 amide bonds. The molecule has 1 atom stereocenters. The maximum Gasteiger partial charge on any atom is 0.209 e. The zero-order chi connectivity index (χ0) is 11.1. The van der Waals surface area contributed by atoms with Gasteiger partial charge in [-0.1, -0.05) is 18.2 Å². The summed E-state index contributed by atoms with van der Waals surface area (Å²) < 4.78 is 12.8. The van der Waals surface area contributed by atoms with Gasteiger partial charge in [-0.05, 0) is 22.9 Å². The summed E-state index contributed by atoms with van der Waals surface area (Å²) >= 11 is 0. The van der Waals surface area contributed by atoms with Crippen LogP contribution in [0.3, 0.4) is 0 Å². The molecule has 16 heavy (non-hydrogen) atoms. The van der Waals surface area contributed by atoms with Crippen LogP contribution < -0.4 is 5.43 Å². The third-order valence-electron chi connectivity index (χ3n) is 2.46. The van der Waals surface area contributed by atoms with Crippen LogP contribution in [0.15, 0.2) is 47.3 Å². The van der Waals surface area contributed by atoms with E-state index in [4.69, 9.17) is 0 Å². The van der Waals surface area contributed by atoms with Gasteiger partial charge in [0.05, 0.1) is 0 Å². The second-order valence-corrected chi connectivity index (χ2v) is 4.87. The topological polar surface area (TPSA) is 53.0 Å². The summed E-state index contributed by atoms with van der Waals surface area (Å²) in [6.07, 6.45) is 0. The summed E-state index contributed by atoms with van der Waals surface area (Å²) in [5, 5.41) is 0. The van der Waals surface area contributed by atoms with E-state index < -0.39 is 10.8 Å². The fraction of sp³-hybridized carbons (Fsp3) is 0. The number of nitrogens with zero attached hydrogens (tertiary/aromatic N) is 1. The predicted molar refractivity (Wildman–Crippen MR) is 63.3 cm³/mol. The van der Waals surface area contributed by atoms with Gasteiger partial charge in [0, 0.05) is 12.1 Å². The molecular formula is C12H7NO2S. The van der Waals surface area contributed by atoms with Gasteiger partial charge >= 0.3 is 0 Å². The monoisotopic (exact) mass is 229 g/mol. The molecule has 0 saturated carbocycles. The van der Waals surface area contributed by atoms with E-state index in [0.717, 1.165) is 0 Å². The second kappa shape index (κ2) is 3.37. The summed E-state index contributed by atoms with van der Waals surface area (Å²) in [6, 6.07) is 11.9. The smallest absolute Gasteiger partial charge is 0.209 e. The Morgan fingerprint density at radius 1 is 1.06 bits per heavy atom. The lowest BCUT2D eigenvalue weighted by Gasteiger charge is -2.06. The summed E-state index contributed by atoms with van der Waals surface area (Å²) in [5.41, 5.74) is 0.747. The molecule has 0 spiro atoms. The minimum absolute atomic E-state index is 0.180. The maximum atomic E-state index is 12.2. The summed E-state index contributed by atoms with van der Waals surface area (Å²) in [6.45, 7) is 0. The minimum Gasteiger partial charge on any atom is -0.590 e. The Balaban J connectivity index is 2.61. The van der Waals surface area contributed by atoms with Crippen LogP contribution in [-0.4, -0.2) is 9.54 Å². The van der Waals surface area contributed by atoms with Crippen molar-refractivity contribution in [3.8, 4) is 10.6 Å². The lowest BCUT2D eigenvalue weighted by molar-refractivity contribution is 0.600. The number of aromatic nitrogens is 1. The number of hydrogen-bond donors (Lipinski definition) is 0. The van der Waals surface area contributed by atoms with Gasteiger partial charge in [-0.15, -0.1) is 0 Å². The van der Waals surface area contributed by atoms with Crippen molar-refractivity contribution in [2.24, 2.45) is 0 Å². The van der Waals surface area contributed by atoms with E-state index in [2.05, 4.69) is 4.98 Å². The third-order valence-corrected chi connectivity index (χ3v) is 3.93. The standard InChI is InChI=1S/C12H7NO2S/c14-9-5-3-7-11-12(9)13-8-4-1-2-6-10(8)16(11)15/h1-7H. The highest BCUT2D eigenvalue weighted by atomic mass is 32.2. The molecule has 2 aliphatic rings. The van der Waals surface area contributed by atoms with Crippen LogP contribution >= 0.6 is 10.8 Å². The van der Waals surface area contributed by atoms with E-state index >= 15 is 0 Å². The Hall–Kier alpha value is -1.78. The van der Waals surface area contributed by atoms with Crippen molar-refractivity contribution in [1.29, 1.82) is 0 Å². The van der Waals surface area contributed by atoms with Crippen molar-refractivity contribution in [2.75, 3.05) is 0 Å². The van der Waals surface area contributed by atoms with E-state index in [9.17, 15) is 9.35 Å². The van der Waals surface area contributed by atoms with E-state index in [1.165, 1.54) is 6.07 Å². The van der Waals surface area contributed by atoms with Crippen molar-refractivity contribution < 1.29 is 4.55 Å². The molecule has 1 aromatic rings. The molecule has 0 radical (unpaired) electrons. The van der Waals surface area contributed by atoms with E-state index in [-0.39, 0.29) is 5.43 Å². The largest absolute Gasteiger partial charge is 0.590 e. The van der Waals surface area contributed by atoms with Crippen LogP contribution in [0.1, 0.15) is 0 Å². The van der Waals surface area contributed by atoms with Gasteiger partial charge < -0.3 is 4.55 Å². The van der Waals surface area contributed by atoms with Gasteiger partial charge in [0.1, 0.15) is 5.52 Å². The fourth-order valence-electron chi connectivity index (χ4n) is 1.71. The molecule has 1 aromatic carbocycles. The maximum absolute atomic E-state index is 12.2. The van der Waals surface area contributed by atoms with Gasteiger partial charge in [0.15, 0.2) is 10.4 Å². The number of rotatable bonds is 0. The number of hydrogen-bond acceptors (Lipinski definition) is 3. The van der Waals surface area contributed by atoms with Crippen molar-refractivity contribution in [3.05, 3.63) is 52.7 Å². The molecule has 0 aromatic heterocycles. The molecule has 4 heteroatoms. The molecule has 3 nitrogen and oxygen atoms in total. The lowest BCUT2D eigenvalue weighted by atomic mass is 10.2. The highest BCUT2D eigenvalue weighted by molar-refractivity contribution is 7.33. The summed E-state index contributed by atoms with van der Waals surface area (Å²) in [5.74, 6) is 0. The van der Waals surface area contributed by atoms with Crippen molar-refractivity contribution in [2.45, 2.75) is 0 Å². The molecule has 0 N–H and O–H groups in total. The lowest BCUT2D eigenvalue weighted by Crippen LogP contribution is -2.06. The first-order chi connectivity index (χ1) is 7.77. The molecule has 0 saturated heterocycles. The SMILES string of the molecule is O=c1cccc2[s+]([O-])c3ccccc3nc1-2. The van der Waals surface area contributed by atoms with E-state index in [0.29, 0.717) is 20.8 Å². The molecule has 1 heterocycles. The molecule has 0 fully saturated rings. The first-order valence-corrected chi connectivity index (χ1v) is 5.95. The first kappa shape index (κ1) is 9.45. The normalized spacial score (nSPS) is 12.2. The highest BCUT2D eigenvalue weighted by Crippen LogP contribution is 2.35. The number of benzene rings is 2. The molecule has 78 valence electrons. The Morgan fingerprint density at radius 3 is 2.75 bits per heavy atom. The van der Waals surface area contributed by atoms with E-state index in [1.54, 1.807) is 24.3 Å². The Morgan fingerprint density at radius 2 is 1.88 bits per heavy atom. The number of para-hydroxylation sites is 2. The quantitative estimate of drug-likeness (QED) is 0.439. The first-order valence-electron chi connectivity index (χ1n) is 4.80. The van der Waals surface area contributed by atoms with Crippen molar-refractivity contribution in [3.63, 3.8) is 0 Å². The van der Waals surface area contributed by atoms with Gasteiger partial charge in [-0.3, -0.25) is 4.79 Å².